The van der Waals surface area contributed by atoms with Crippen molar-refractivity contribution in [2.45, 2.75) is 46.1 Å². The predicted molar refractivity (Wildman–Crippen MR) is 109 cm³/mol. The molecule has 25 heavy (non-hydrogen) atoms. The number of aromatic nitrogens is 2. The van der Waals surface area contributed by atoms with Crippen LogP contribution < -0.4 is 0 Å². The summed E-state index contributed by atoms with van der Waals surface area (Å²) in [6.07, 6.45) is 6.42. The van der Waals surface area contributed by atoms with E-state index in [1.54, 1.807) is 12.3 Å². The van der Waals surface area contributed by atoms with Crippen molar-refractivity contribution < 1.29 is 0 Å². The summed E-state index contributed by atoms with van der Waals surface area (Å²) >= 11 is 1.42. The molecule has 1 heterocycles. The summed E-state index contributed by atoms with van der Waals surface area (Å²) in [5.41, 5.74) is 1.99. The van der Waals surface area contributed by atoms with Gasteiger partial charge in [-0.2, -0.15) is 5.26 Å². The SMILES string of the molecule is C=C/C(=C\CC)Sc1ncc(-c2ccccc2)nc1C#N.CC.CC. The van der Waals surface area contributed by atoms with Crippen LogP contribution in [0.5, 0.6) is 0 Å². The minimum Gasteiger partial charge on any atom is -0.244 e. The summed E-state index contributed by atoms with van der Waals surface area (Å²) in [4.78, 5) is 9.77. The van der Waals surface area contributed by atoms with Crippen molar-refractivity contribution in [3.63, 3.8) is 0 Å². The minimum atomic E-state index is 0.338. The molecule has 0 aliphatic carbocycles. The number of nitrogens with zero attached hydrogens (tertiary/aromatic N) is 3. The lowest BCUT2D eigenvalue weighted by molar-refractivity contribution is 1.03. The van der Waals surface area contributed by atoms with Gasteiger partial charge in [-0.15, -0.1) is 0 Å². The molecule has 0 N–H and O–H groups in total. The fraction of sp³-hybridized carbons (Fsp3) is 0.286. The Labute approximate surface area is 156 Å². The van der Waals surface area contributed by atoms with Gasteiger partial charge >= 0.3 is 0 Å². The maximum absolute atomic E-state index is 9.29. The molecule has 3 nitrogen and oxygen atoms in total. The van der Waals surface area contributed by atoms with Gasteiger partial charge in [0.2, 0.25) is 0 Å². The zero-order chi connectivity index (χ0) is 19.1. The summed E-state index contributed by atoms with van der Waals surface area (Å²) < 4.78 is 0. The van der Waals surface area contributed by atoms with Crippen LogP contribution in [0.1, 0.15) is 46.7 Å². The zero-order valence-corrected chi connectivity index (χ0v) is 16.6. The average Bonchev–Trinajstić information content (AvgIpc) is 2.71. The van der Waals surface area contributed by atoms with Gasteiger partial charge in [-0.3, -0.25) is 0 Å². The second-order valence-corrected chi connectivity index (χ2v) is 5.27. The first-order valence-corrected chi connectivity index (χ1v) is 9.43. The highest BCUT2D eigenvalue weighted by atomic mass is 32.2. The molecule has 0 saturated heterocycles. The summed E-state index contributed by atoms with van der Waals surface area (Å²) in [6, 6.07) is 11.8. The van der Waals surface area contributed by atoms with E-state index < -0.39 is 0 Å². The molecule has 0 amide bonds. The highest BCUT2D eigenvalue weighted by Crippen LogP contribution is 2.29. The van der Waals surface area contributed by atoms with Gasteiger partial charge in [0.15, 0.2) is 5.69 Å². The van der Waals surface area contributed by atoms with Crippen LogP contribution in [0.2, 0.25) is 0 Å². The van der Waals surface area contributed by atoms with Crippen LogP contribution in [0.3, 0.4) is 0 Å². The van der Waals surface area contributed by atoms with Gasteiger partial charge in [-0.05, 0) is 6.42 Å². The number of allylic oxidation sites excluding steroid dienone is 2. The van der Waals surface area contributed by atoms with Crippen LogP contribution in [-0.4, -0.2) is 9.97 Å². The first-order valence-electron chi connectivity index (χ1n) is 8.61. The quantitative estimate of drug-likeness (QED) is 0.446. The monoisotopic (exact) mass is 353 g/mol. The summed E-state index contributed by atoms with van der Waals surface area (Å²) in [6.45, 7) is 13.8. The molecule has 0 saturated carbocycles. The minimum absolute atomic E-state index is 0.338. The molecule has 132 valence electrons. The van der Waals surface area contributed by atoms with Crippen molar-refractivity contribution in [1.29, 1.82) is 5.26 Å². The van der Waals surface area contributed by atoms with Crippen LogP contribution in [-0.2, 0) is 0 Å². The highest BCUT2D eigenvalue weighted by molar-refractivity contribution is 8.03. The first-order chi connectivity index (χ1) is 12.3. The third kappa shape index (κ3) is 7.36. The molecule has 0 bridgehead atoms. The molecule has 0 aliphatic heterocycles. The van der Waals surface area contributed by atoms with Crippen molar-refractivity contribution >= 4 is 11.8 Å². The van der Waals surface area contributed by atoms with E-state index in [1.165, 1.54) is 11.8 Å². The van der Waals surface area contributed by atoms with Gasteiger partial charge < -0.3 is 0 Å². The maximum atomic E-state index is 9.29. The third-order valence-electron chi connectivity index (χ3n) is 2.74. The van der Waals surface area contributed by atoms with Crippen LogP contribution in [0.4, 0.5) is 0 Å². The van der Waals surface area contributed by atoms with Crippen LogP contribution in [0, 0.1) is 11.3 Å². The number of nitriles is 1. The molecule has 0 unspecified atom stereocenters. The lowest BCUT2D eigenvalue weighted by Gasteiger charge is -2.05. The van der Waals surface area contributed by atoms with E-state index in [4.69, 9.17) is 0 Å². The second kappa shape index (κ2) is 14.0. The molecule has 4 heteroatoms. The Balaban J connectivity index is 0.00000134. The van der Waals surface area contributed by atoms with Gasteiger partial charge in [0.25, 0.3) is 0 Å². The molecular weight excluding hydrogens is 326 g/mol. The van der Waals surface area contributed by atoms with Gasteiger partial charge in [0, 0.05) is 10.5 Å². The molecule has 2 aromatic rings. The normalized spacial score (nSPS) is 9.68. The van der Waals surface area contributed by atoms with E-state index in [0.29, 0.717) is 16.4 Å². The van der Waals surface area contributed by atoms with Crippen molar-refractivity contribution in [2.75, 3.05) is 0 Å². The van der Waals surface area contributed by atoms with Crippen LogP contribution in [0.15, 0.2) is 65.2 Å². The lowest BCUT2D eigenvalue weighted by Crippen LogP contribution is -1.94. The zero-order valence-electron chi connectivity index (χ0n) is 15.8. The van der Waals surface area contributed by atoms with Crippen molar-refractivity contribution in [2.24, 2.45) is 0 Å². The van der Waals surface area contributed by atoms with Crippen molar-refractivity contribution in [3.8, 4) is 17.3 Å². The largest absolute Gasteiger partial charge is 0.244 e. The molecule has 1 aromatic carbocycles. The van der Waals surface area contributed by atoms with E-state index in [1.807, 2.05) is 64.1 Å². The molecular formula is C21H27N3S. The van der Waals surface area contributed by atoms with E-state index in [2.05, 4.69) is 29.5 Å². The summed E-state index contributed by atoms with van der Waals surface area (Å²) in [7, 11) is 0. The van der Waals surface area contributed by atoms with E-state index >= 15 is 0 Å². The Morgan fingerprint density at radius 2 is 1.84 bits per heavy atom. The highest BCUT2D eigenvalue weighted by Gasteiger charge is 2.10. The lowest BCUT2D eigenvalue weighted by atomic mass is 10.2. The molecule has 0 fully saturated rings. The predicted octanol–water partition coefficient (Wildman–Crippen LogP) is 6.64. The third-order valence-corrected chi connectivity index (χ3v) is 3.80. The van der Waals surface area contributed by atoms with Gasteiger partial charge in [0.05, 0.1) is 11.9 Å². The van der Waals surface area contributed by atoms with Gasteiger partial charge in [-0.25, -0.2) is 9.97 Å². The van der Waals surface area contributed by atoms with Crippen LogP contribution in [0.25, 0.3) is 11.3 Å². The van der Waals surface area contributed by atoms with Gasteiger partial charge in [-0.1, -0.05) is 95.4 Å². The Morgan fingerprint density at radius 3 is 2.36 bits per heavy atom. The average molecular weight is 354 g/mol. The molecule has 0 atom stereocenters. The number of hydrogen-bond acceptors (Lipinski definition) is 4. The van der Waals surface area contributed by atoms with Gasteiger partial charge in [0.1, 0.15) is 11.1 Å². The Kier molecular flexibility index (Phi) is 12.7. The molecule has 2 rings (SSSR count). The number of benzene rings is 1. The van der Waals surface area contributed by atoms with E-state index in [-0.39, 0.29) is 0 Å². The molecule has 0 spiro atoms. The fourth-order valence-corrected chi connectivity index (χ4v) is 2.60. The molecule has 0 aliphatic rings. The standard InChI is InChI=1S/C17H15N3S.2C2H6/c1-3-8-14(4-2)21-17-15(11-18)20-16(12-19-17)13-9-6-5-7-10-13;2*1-2/h4-10,12H,2-3H2,1H3;2*1-2H3/b14-8+;;. The van der Waals surface area contributed by atoms with E-state index in [9.17, 15) is 5.26 Å². The molecule has 1 aromatic heterocycles. The number of hydrogen-bond donors (Lipinski definition) is 0. The summed E-state index contributed by atoms with van der Waals surface area (Å²) in [5, 5.41) is 9.90. The van der Waals surface area contributed by atoms with Crippen molar-refractivity contribution in [1.82, 2.24) is 9.97 Å². The fourth-order valence-electron chi connectivity index (χ4n) is 1.75. The Hall–Kier alpha value is -2.38. The van der Waals surface area contributed by atoms with E-state index in [0.717, 1.165) is 16.9 Å². The first kappa shape index (κ1) is 22.6. The Bertz CT molecular complexity index is 701. The second-order valence-electron chi connectivity index (χ2n) is 4.21. The topological polar surface area (TPSA) is 49.6 Å². The Morgan fingerprint density at radius 1 is 1.20 bits per heavy atom. The van der Waals surface area contributed by atoms with Crippen molar-refractivity contribution in [3.05, 3.63) is 65.9 Å². The number of thioether (sulfide) groups is 1. The molecule has 0 radical (unpaired) electrons. The van der Waals surface area contributed by atoms with Crippen LogP contribution >= 0.6 is 11.8 Å². The summed E-state index contributed by atoms with van der Waals surface area (Å²) in [5.74, 6) is 0. The smallest absolute Gasteiger partial charge is 0.173 e. The maximum Gasteiger partial charge on any atom is 0.173 e. The number of rotatable bonds is 5.